The highest BCUT2D eigenvalue weighted by Crippen LogP contribution is 2.35. The number of fused-ring (bicyclic) bond motifs is 1. The van der Waals surface area contributed by atoms with E-state index in [9.17, 15) is 10.1 Å². The number of hydrogen-bond donors (Lipinski definition) is 0. The summed E-state index contributed by atoms with van der Waals surface area (Å²) in [5.74, 6) is 0.778. The lowest BCUT2D eigenvalue weighted by molar-refractivity contribution is 0.0312. The second-order valence-corrected chi connectivity index (χ2v) is 6.71. The van der Waals surface area contributed by atoms with Gasteiger partial charge >= 0.3 is 0 Å². The fraction of sp³-hybridized carbons (Fsp3) is 0.706. The lowest BCUT2D eigenvalue weighted by Crippen LogP contribution is -2.49. The highest BCUT2D eigenvalue weighted by Gasteiger charge is 2.33. The van der Waals surface area contributed by atoms with E-state index in [0.717, 1.165) is 18.2 Å². The van der Waals surface area contributed by atoms with Gasteiger partial charge in [0.05, 0.1) is 12.4 Å². The van der Waals surface area contributed by atoms with Gasteiger partial charge in [0.15, 0.2) is 0 Å². The molecule has 118 valence electrons. The fourth-order valence-corrected chi connectivity index (χ4v) is 4.07. The molecule has 3 rings (SSSR count). The van der Waals surface area contributed by atoms with Crippen LogP contribution in [0, 0.1) is 31.1 Å². The van der Waals surface area contributed by atoms with E-state index in [-0.39, 0.29) is 11.1 Å². The molecular weight excluding hydrogens is 276 g/mol. The third-order valence-corrected chi connectivity index (χ3v) is 5.42. The number of hydrogen-bond acceptors (Lipinski definition) is 4. The average Bonchev–Trinajstić information content (AvgIpc) is 2.53. The summed E-state index contributed by atoms with van der Waals surface area (Å²) in [6, 6.07) is 2.63. The van der Waals surface area contributed by atoms with Crippen molar-refractivity contribution in [3.05, 3.63) is 27.2 Å². The maximum absolute atomic E-state index is 12.5. The largest absolute Gasteiger partial charge is 0.286 e. The van der Waals surface area contributed by atoms with Gasteiger partial charge in [0.1, 0.15) is 11.6 Å². The number of aryl methyl sites for hydroxylation is 1. The highest BCUT2D eigenvalue weighted by molar-refractivity contribution is 5.36. The molecule has 1 aliphatic heterocycles. The van der Waals surface area contributed by atoms with Crippen LogP contribution in [0.3, 0.4) is 0 Å². The topological polar surface area (TPSA) is 61.9 Å². The van der Waals surface area contributed by atoms with Gasteiger partial charge in [-0.25, -0.2) is 4.68 Å². The zero-order chi connectivity index (χ0) is 15.7. The molecule has 0 unspecified atom stereocenters. The molecule has 5 nitrogen and oxygen atoms in total. The lowest BCUT2D eigenvalue weighted by atomic mass is 9.78. The van der Waals surface area contributed by atoms with Crippen molar-refractivity contribution in [2.75, 3.05) is 6.54 Å². The standard InChI is InChI=1S/C17H24N4O/c1-12-13(2)19-21(17(22)15(12)10-18)11-20-9-5-7-14-6-3-4-8-16(14)20/h14,16H,3-9,11H2,1-2H3/t14-,16+/m1/s1. The van der Waals surface area contributed by atoms with Gasteiger partial charge in [-0.3, -0.25) is 9.69 Å². The molecule has 2 aliphatic rings. The predicted molar refractivity (Wildman–Crippen MR) is 84.4 cm³/mol. The summed E-state index contributed by atoms with van der Waals surface area (Å²) >= 11 is 0. The first kappa shape index (κ1) is 15.2. The number of rotatable bonds is 2. The maximum Gasteiger partial charge on any atom is 0.286 e. The Labute approximate surface area is 131 Å². The minimum Gasteiger partial charge on any atom is -0.281 e. The Morgan fingerprint density at radius 3 is 2.73 bits per heavy atom. The van der Waals surface area contributed by atoms with Crippen LogP contribution in [-0.2, 0) is 6.67 Å². The molecule has 0 spiro atoms. The van der Waals surface area contributed by atoms with Crippen LogP contribution in [0.15, 0.2) is 4.79 Å². The zero-order valence-electron chi connectivity index (χ0n) is 13.5. The summed E-state index contributed by atoms with van der Waals surface area (Å²) in [7, 11) is 0. The minimum atomic E-state index is -0.247. The summed E-state index contributed by atoms with van der Waals surface area (Å²) in [5.41, 5.74) is 1.47. The third-order valence-electron chi connectivity index (χ3n) is 5.42. The van der Waals surface area contributed by atoms with E-state index in [0.29, 0.717) is 18.3 Å². The van der Waals surface area contributed by atoms with Crippen molar-refractivity contribution in [2.24, 2.45) is 5.92 Å². The summed E-state index contributed by atoms with van der Waals surface area (Å²) in [6.07, 6.45) is 7.70. The predicted octanol–water partition coefficient (Wildman–Crippen LogP) is 2.34. The Balaban J connectivity index is 1.88. The van der Waals surface area contributed by atoms with E-state index in [1.807, 2.05) is 13.0 Å². The van der Waals surface area contributed by atoms with E-state index in [1.54, 1.807) is 6.92 Å². The van der Waals surface area contributed by atoms with Crippen LogP contribution < -0.4 is 5.56 Å². The molecule has 1 saturated heterocycles. The molecule has 1 aliphatic carbocycles. The number of nitrogens with zero attached hydrogens (tertiary/aromatic N) is 4. The monoisotopic (exact) mass is 300 g/mol. The summed E-state index contributed by atoms with van der Waals surface area (Å²) in [5, 5.41) is 13.7. The van der Waals surface area contributed by atoms with E-state index in [2.05, 4.69) is 10.00 Å². The summed E-state index contributed by atoms with van der Waals surface area (Å²) in [6.45, 7) is 5.22. The minimum absolute atomic E-state index is 0.240. The van der Waals surface area contributed by atoms with Crippen molar-refractivity contribution in [3.8, 4) is 6.07 Å². The smallest absolute Gasteiger partial charge is 0.281 e. The summed E-state index contributed by atoms with van der Waals surface area (Å²) in [4.78, 5) is 14.9. The molecule has 5 heteroatoms. The van der Waals surface area contributed by atoms with Crippen LogP contribution in [0.2, 0.25) is 0 Å². The normalized spacial score (nSPS) is 25.5. The number of piperidine rings is 1. The lowest BCUT2D eigenvalue weighted by Gasteiger charge is -2.44. The number of likely N-dealkylation sites (tertiary alicyclic amines) is 1. The molecule has 0 radical (unpaired) electrons. The number of aromatic nitrogens is 2. The SMILES string of the molecule is Cc1nn(CN2CCC[C@H]3CCCC[C@@H]32)c(=O)c(C#N)c1C. The van der Waals surface area contributed by atoms with Crippen molar-refractivity contribution >= 4 is 0 Å². The van der Waals surface area contributed by atoms with Gasteiger partial charge in [-0.05, 0) is 51.0 Å². The van der Waals surface area contributed by atoms with Crippen LogP contribution in [0.4, 0.5) is 0 Å². The van der Waals surface area contributed by atoms with Crippen molar-refractivity contribution in [3.63, 3.8) is 0 Å². The quantitative estimate of drug-likeness (QED) is 0.841. The first-order chi connectivity index (χ1) is 10.6. The maximum atomic E-state index is 12.5. The number of nitriles is 1. The van der Waals surface area contributed by atoms with Gasteiger partial charge in [0.2, 0.25) is 0 Å². The Hall–Kier alpha value is -1.67. The molecular formula is C17H24N4O. The van der Waals surface area contributed by atoms with Crippen molar-refractivity contribution < 1.29 is 0 Å². The van der Waals surface area contributed by atoms with Crippen LogP contribution in [0.5, 0.6) is 0 Å². The Morgan fingerprint density at radius 2 is 1.95 bits per heavy atom. The average molecular weight is 300 g/mol. The Morgan fingerprint density at radius 1 is 1.23 bits per heavy atom. The van der Waals surface area contributed by atoms with Gasteiger partial charge in [-0.2, -0.15) is 10.4 Å². The third kappa shape index (κ3) is 2.68. The van der Waals surface area contributed by atoms with E-state index >= 15 is 0 Å². The van der Waals surface area contributed by atoms with E-state index in [1.165, 1.54) is 43.2 Å². The molecule has 1 aromatic rings. The molecule has 0 amide bonds. The van der Waals surface area contributed by atoms with Crippen LogP contribution in [-0.4, -0.2) is 27.3 Å². The Kier molecular flexibility index (Phi) is 4.30. The van der Waals surface area contributed by atoms with Crippen molar-refractivity contribution in [1.82, 2.24) is 14.7 Å². The van der Waals surface area contributed by atoms with Gasteiger partial charge in [-0.1, -0.05) is 12.8 Å². The second-order valence-electron chi connectivity index (χ2n) is 6.71. The van der Waals surface area contributed by atoms with Crippen LogP contribution in [0.1, 0.15) is 55.3 Å². The van der Waals surface area contributed by atoms with Crippen molar-refractivity contribution in [2.45, 2.75) is 65.1 Å². The van der Waals surface area contributed by atoms with Crippen LogP contribution >= 0.6 is 0 Å². The van der Waals surface area contributed by atoms with Gasteiger partial charge in [-0.15, -0.1) is 0 Å². The van der Waals surface area contributed by atoms with Gasteiger partial charge < -0.3 is 0 Å². The molecule has 0 bridgehead atoms. The summed E-state index contributed by atoms with van der Waals surface area (Å²) < 4.78 is 1.50. The first-order valence-electron chi connectivity index (χ1n) is 8.34. The molecule has 2 heterocycles. The molecule has 2 atom stereocenters. The van der Waals surface area contributed by atoms with Crippen LogP contribution in [0.25, 0.3) is 0 Å². The molecule has 0 N–H and O–H groups in total. The Bertz CT molecular complexity index is 656. The van der Waals surface area contributed by atoms with Crippen molar-refractivity contribution in [1.29, 1.82) is 5.26 Å². The first-order valence-corrected chi connectivity index (χ1v) is 8.34. The zero-order valence-corrected chi connectivity index (χ0v) is 13.5. The molecule has 0 aromatic carbocycles. The molecule has 2 fully saturated rings. The molecule has 22 heavy (non-hydrogen) atoms. The van der Waals surface area contributed by atoms with E-state index in [4.69, 9.17) is 0 Å². The molecule has 1 aromatic heterocycles. The molecule has 1 saturated carbocycles. The van der Waals surface area contributed by atoms with Gasteiger partial charge in [0, 0.05) is 12.6 Å². The second kappa shape index (κ2) is 6.21. The fourth-order valence-electron chi connectivity index (χ4n) is 4.07. The highest BCUT2D eigenvalue weighted by atomic mass is 16.1. The van der Waals surface area contributed by atoms with Gasteiger partial charge in [0.25, 0.3) is 5.56 Å². The van der Waals surface area contributed by atoms with E-state index < -0.39 is 0 Å².